The van der Waals surface area contributed by atoms with Crippen LogP contribution in [0.1, 0.15) is 23.1 Å². The van der Waals surface area contributed by atoms with E-state index in [1.807, 2.05) is 48.3 Å². The van der Waals surface area contributed by atoms with Gasteiger partial charge in [-0.2, -0.15) is 0 Å². The molecule has 0 saturated carbocycles. The van der Waals surface area contributed by atoms with Crippen LogP contribution in [0.2, 0.25) is 0 Å². The van der Waals surface area contributed by atoms with E-state index in [4.69, 9.17) is 4.42 Å². The fraction of sp³-hybridized carbons (Fsp3) is 0.273. The van der Waals surface area contributed by atoms with Gasteiger partial charge in [0.2, 0.25) is 5.91 Å². The molecule has 5 heteroatoms. The van der Waals surface area contributed by atoms with Crippen molar-refractivity contribution in [1.29, 1.82) is 0 Å². The number of fused-ring (bicyclic) bond motifs is 2. The molecule has 1 aliphatic rings. The first-order valence-corrected chi connectivity index (χ1v) is 9.20. The maximum Gasteiger partial charge on any atom is 0.336 e. The topological polar surface area (TPSA) is 62.6 Å². The quantitative estimate of drug-likeness (QED) is 0.707. The fourth-order valence-electron chi connectivity index (χ4n) is 3.74. The summed E-state index contributed by atoms with van der Waals surface area (Å²) in [6, 6.07) is 15.1. The second-order valence-electron chi connectivity index (χ2n) is 7.15. The molecule has 0 bridgehead atoms. The van der Waals surface area contributed by atoms with Gasteiger partial charge < -0.3 is 9.73 Å². The maximum absolute atomic E-state index is 12.3. The van der Waals surface area contributed by atoms with E-state index in [1.165, 1.54) is 17.2 Å². The molecule has 0 radical (unpaired) electrons. The molecule has 27 heavy (non-hydrogen) atoms. The van der Waals surface area contributed by atoms with Crippen LogP contribution >= 0.6 is 0 Å². The van der Waals surface area contributed by atoms with E-state index in [9.17, 15) is 9.59 Å². The standard InChI is InChI=1S/C22H22N2O3/c1-24(14-21(25)23-18-8-3-2-4-9-18)13-17-12-22(26)27-20-11-16-7-5-6-15(16)10-19(17)20/h2-4,8-12H,5-7,13-14H2,1H3,(H,23,25). The molecule has 0 fully saturated rings. The Morgan fingerprint density at radius 2 is 1.85 bits per heavy atom. The highest BCUT2D eigenvalue weighted by atomic mass is 16.4. The predicted octanol–water partition coefficient (Wildman–Crippen LogP) is 3.35. The molecule has 4 rings (SSSR count). The Hall–Kier alpha value is -2.92. The van der Waals surface area contributed by atoms with E-state index in [1.54, 1.807) is 0 Å². The van der Waals surface area contributed by atoms with Gasteiger partial charge in [0.05, 0.1) is 6.54 Å². The lowest BCUT2D eigenvalue weighted by molar-refractivity contribution is -0.117. The maximum atomic E-state index is 12.3. The zero-order valence-corrected chi connectivity index (χ0v) is 15.3. The van der Waals surface area contributed by atoms with Gasteiger partial charge in [-0.05, 0) is 67.3 Å². The van der Waals surface area contributed by atoms with Gasteiger partial charge in [-0.25, -0.2) is 4.79 Å². The number of para-hydroxylation sites is 1. The minimum atomic E-state index is -0.349. The number of hydrogen-bond acceptors (Lipinski definition) is 4. The van der Waals surface area contributed by atoms with Crippen LogP contribution < -0.4 is 10.9 Å². The molecular formula is C22H22N2O3. The molecule has 138 valence electrons. The second-order valence-corrected chi connectivity index (χ2v) is 7.15. The largest absolute Gasteiger partial charge is 0.423 e. The van der Waals surface area contributed by atoms with Crippen LogP contribution in [0.5, 0.6) is 0 Å². The van der Waals surface area contributed by atoms with Gasteiger partial charge in [-0.15, -0.1) is 0 Å². The number of benzene rings is 2. The lowest BCUT2D eigenvalue weighted by Gasteiger charge is -2.17. The number of carbonyl (C=O) groups excluding carboxylic acids is 1. The molecular weight excluding hydrogens is 340 g/mol. The summed E-state index contributed by atoms with van der Waals surface area (Å²) in [6.45, 7) is 0.741. The van der Waals surface area contributed by atoms with E-state index in [0.29, 0.717) is 12.1 Å². The first-order valence-electron chi connectivity index (χ1n) is 9.20. The zero-order chi connectivity index (χ0) is 18.8. The smallest absolute Gasteiger partial charge is 0.336 e. The minimum Gasteiger partial charge on any atom is -0.423 e. The van der Waals surface area contributed by atoms with Crippen molar-refractivity contribution in [3.05, 3.63) is 75.6 Å². The predicted molar refractivity (Wildman–Crippen MR) is 106 cm³/mol. The van der Waals surface area contributed by atoms with Crippen molar-refractivity contribution in [3.63, 3.8) is 0 Å². The van der Waals surface area contributed by atoms with Crippen LogP contribution in [-0.4, -0.2) is 24.4 Å². The van der Waals surface area contributed by atoms with Crippen molar-refractivity contribution in [3.8, 4) is 0 Å². The summed E-state index contributed by atoms with van der Waals surface area (Å²) in [4.78, 5) is 26.2. The van der Waals surface area contributed by atoms with Crippen molar-refractivity contribution in [2.45, 2.75) is 25.8 Å². The van der Waals surface area contributed by atoms with E-state index >= 15 is 0 Å². The highest BCUT2D eigenvalue weighted by molar-refractivity contribution is 5.92. The number of nitrogens with zero attached hydrogens (tertiary/aromatic N) is 1. The molecule has 3 aromatic rings. The molecule has 0 aliphatic heterocycles. The van der Waals surface area contributed by atoms with E-state index in [-0.39, 0.29) is 18.1 Å². The second kappa shape index (κ2) is 7.37. The van der Waals surface area contributed by atoms with Crippen LogP contribution in [0.4, 0.5) is 5.69 Å². The normalized spacial score (nSPS) is 13.1. The van der Waals surface area contributed by atoms with Gasteiger partial charge in [-0.3, -0.25) is 9.69 Å². The van der Waals surface area contributed by atoms with E-state index in [0.717, 1.165) is 35.9 Å². The minimum absolute atomic E-state index is 0.0862. The van der Waals surface area contributed by atoms with Crippen LogP contribution in [0, 0.1) is 0 Å². The third kappa shape index (κ3) is 3.93. The molecule has 1 amide bonds. The van der Waals surface area contributed by atoms with Crippen LogP contribution in [0.25, 0.3) is 11.0 Å². The number of likely N-dealkylation sites (N-methyl/N-ethyl adjacent to an activating group) is 1. The summed E-state index contributed by atoms with van der Waals surface area (Å²) in [5.74, 6) is -0.0862. The van der Waals surface area contributed by atoms with Crippen molar-refractivity contribution in [2.75, 3.05) is 18.9 Å². The van der Waals surface area contributed by atoms with Gasteiger partial charge in [0.25, 0.3) is 0 Å². The number of carbonyl (C=O) groups is 1. The molecule has 0 saturated heterocycles. The van der Waals surface area contributed by atoms with Gasteiger partial charge in [0.15, 0.2) is 0 Å². The summed E-state index contributed by atoms with van der Waals surface area (Å²) in [5, 5.41) is 3.84. The van der Waals surface area contributed by atoms with Gasteiger partial charge in [-0.1, -0.05) is 18.2 Å². The first kappa shape index (κ1) is 17.5. The van der Waals surface area contributed by atoms with Crippen molar-refractivity contribution in [2.24, 2.45) is 0 Å². The Morgan fingerprint density at radius 1 is 1.11 bits per heavy atom. The summed E-state index contributed by atoms with van der Waals surface area (Å²) in [7, 11) is 1.87. The molecule has 1 N–H and O–H groups in total. The zero-order valence-electron chi connectivity index (χ0n) is 15.3. The Morgan fingerprint density at radius 3 is 2.63 bits per heavy atom. The molecule has 0 spiro atoms. The summed E-state index contributed by atoms with van der Waals surface area (Å²) in [6.07, 6.45) is 3.25. The lowest BCUT2D eigenvalue weighted by Crippen LogP contribution is -2.30. The summed E-state index contributed by atoms with van der Waals surface area (Å²) >= 11 is 0. The number of nitrogens with one attached hydrogen (secondary N) is 1. The van der Waals surface area contributed by atoms with Gasteiger partial charge in [0.1, 0.15) is 5.58 Å². The highest BCUT2D eigenvalue weighted by Gasteiger charge is 2.16. The monoisotopic (exact) mass is 362 g/mol. The molecule has 0 atom stereocenters. The van der Waals surface area contributed by atoms with Crippen LogP contribution in [0.3, 0.4) is 0 Å². The average molecular weight is 362 g/mol. The first-order chi connectivity index (χ1) is 13.1. The number of aryl methyl sites for hydroxylation is 2. The number of rotatable bonds is 5. The molecule has 1 aromatic heterocycles. The van der Waals surface area contributed by atoms with Gasteiger partial charge >= 0.3 is 5.63 Å². The molecule has 0 unspecified atom stereocenters. The molecule has 1 heterocycles. The summed E-state index contributed by atoms with van der Waals surface area (Å²) < 4.78 is 5.42. The van der Waals surface area contributed by atoms with Crippen molar-refractivity contribution in [1.82, 2.24) is 4.90 Å². The molecule has 5 nitrogen and oxygen atoms in total. The fourth-order valence-corrected chi connectivity index (χ4v) is 3.74. The lowest BCUT2D eigenvalue weighted by atomic mass is 10.0. The SMILES string of the molecule is CN(CC(=O)Nc1ccccc1)Cc1cc(=O)oc2cc3c(cc12)CCC3. The van der Waals surface area contributed by atoms with E-state index < -0.39 is 0 Å². The highest BCUT2D eigenvalue weighted by Crippen LogP contribution is 2.28. The molecule has 1 aliphatic carbocycles. The Kier molecular flexibility index (Phi) is 4.77. The summed E-state index contributed by atoms with van der Waals surface area (Å²) in [5.41, 5.74) is 4.57. The third-order valence-corrected chi connectivity index (χ3v) is 4.95. The Labute approximate surface area is 157 Å². The third-order valence-electron chi connectivity index (χ3n) is 4.95. The molecule has 2 aromatic carbocycles. The van der Waals surface area contributed by atoms with Gasteiger partial charge in [0, 0.05) is 23.7 Å². The Bertz CT molecular complexity index is 1040. The Balaban J connectivity index is 1.52. The van der Waals surface area contributed by atoms with Crippen molar-refractivity contribution < 1.29 is 9.21 Å². The number of anilines is 1. The number of amides is 1. The van der Waals surface area contributed by atoms with E-state index in [2.05, 4.69) is 11.4 Å². The number of hydrogen-bond donors (Lipinski definition) is 1. The average Bonchev–Trinajstić information content (AvgIpc) is 3.08. The van der Waals surface area contributed by atoms with Crippen molar-refractivity contribution >= 4 is 22.6 Å². The van der Waals surface area contributed by atoms with Crippen LogP contribution in [-0.2, 0) is 24.2 Å². The van der Waals surface area contributed by atoms with Crippen LogP contribution in [0.15, 0.2) is 57.7 Å².